The van der Waals surface area contributed by atoms with Crippen LogP contribution in [-0.4, -0.2) is 62.9 Å². The monoisotopic (exact) mass is 574 g/mol. The summed E-state index contributed by atoms with van der Waals surface area (Å²) in [5, 5.41) is 31.9. The predicted octanol–water partition coefficient (Wildman–Crippen LogP) is 3.67. The van der Waals surface area contributed by atoms with Crippen molar-refractivity contribution in [2.45, 2.75) is 112 Å². The molecule has 0 aliphatic heterocycles. The summed E-state index contributed by atoms with van der Waals surface area (Å²) >= 11 is 0. The number of carboxylic acid groups (broad SMARTS) is 1. The van der Waals surface area contributed by atoms with Gasteiger partial charge < -0.3 is 20.1 Å². The third-order valence-corrected chi connectivity index (χ3v) is 12.0. The number of hydrogen-bond acceptors (Lipinski definition) is 8. The molecule has 41 heavy (non-hydrogen) atoms. The van der Waals surface area contributed by atoms with Crippen molar-refractivity contribution < 1.29 is 44.0 Å². The highest BCUT2D eigenvalue weighted by Gasteiger charge is 2.74. The maximum Gasteiger partial charge on any atom is 0.306 e. The van der Waals surface area contributed by atoms with E-state index < -0.39 is 75.4 Å². The van der Waals surface area contributed by atoms with Crippen LogP contribution in [0.4, 0.5) is 0 Å². The number of hydrogen-bond donors (Lipinski definition) is 3. The van der Waals surface area contributed by atoms with Crippen LogP contribution in [0.2, 0.25) is 0 Å². The minimum atomic E-state index is -1.33. The van der Waals surface area contributed by atoms with Gasteiger partial charge in [-0.2, -0.15) is 0 Å². The molecule has 0 radical (unpaired) electrons. The number of carboxylic acids is 1. The lowest BCUT2D eigenvalue weighted by Crippen LogP contribution is -2.65. The zero-order chi connectivity index (χ0) is 31.0. The van der Waals surface area contributed by atoms with Crippen molar-refractivity contribution in [3.63, 3.8) is 0 Å². The molecule has 0 spiro atoms. The summed E-state index contributed by atoms with van der Waals surface area (Å²) in [6.45, 7) is 13.9. The van der Waals surface area contributed by atoms with Gasteiger partial charge in [0.1, 0.15) is 11.6 Å². The van der Waals surface area contributed by atoms with Crippen molar-refractivity contribution in [3.8, 4) is 0 Å². The van der Waals surface area contributed by atoms with Gasteiger partial charge >= 0.3 is 11.9 Å². The molecule has 0 bridgehead atoms. The van der Waals surface area contributed by atoms with Gasteiger partial charge in [-0.15, -0.1) is 0 Å². The standard InChI is InChI=1S/C32H46O9/c1-15(11-18(34)12-16(2)28(39)40)19-13-23(37)32(8)24-20(35)14-21-29(4,5)22(36)9-10-30(21,6)25(24)26(38)27(31(19,32)7)41-17(3)33/h15-16,19-22,27,35-36H,9-14H2,1-8H3,(H,39,40)/t15-,16-,19-,20+,21-,22+,27-,30+,31+,32+/m1/s1. The summed E-state index contributed by atoms with van der Waals surface area (Å²) in [5.74, 6) is -4.60. The van der Waals surface area contributed by atoms with Crippen LogP contribution in [0.5, 0.6) is 0 Å². The van der Waals surface area contributed by atoms with Crippen LogP contribution in [0.25, 0.3) is 0 Å². The van der Waals surface area contributed by atoms with Crippen LogP contribution in [0, 0.1) is 45.3 Å². The molecule has 0 unspecified atom stereocenters. The molecule has 9 nitrogen and oxygen atoms in total. The normalized spacial score (nSPS) is 41.2. The summed E-state index contributed by atoms with van der Waals surface area (Å²) in [6, 6.07) is 0. The van der Waals surface area contributed by atoms with Gasteiger partial charge in [0.15, 0.2) is 6.10 Å². The summed E-state index contributed by atoms with van der Waals surface area (Å²) in [4.78, 5) is 65.5. The van der Waals surface area contributed by atoms with Crippen molar-refractivity contribution in [3.05, 3.63) is 11.1 Å². The van der Waals surface area contributed by atoms with Gasteiger partial charge in [0, 0.05) is 37.2 Å². The Bertz CT molecular complexity index is 1220. The Balaban J connectivity index is 1.87. The SMILES string of the molecule is CC(=O)O[C@@H]1C(=O)C2=C([C@@H](O)C[C@@H]3C(C)(C)[C@@H](O)CC[C@]23C)[C@]2(C)C(=O)C[C@H]([C@H](C)CC(=O)C[C@@H](C)C(=O)O)[C@@]12C. The Morgan fingerprint density at radius 3 is 2.20 bits per heavy atom. The molecule has 10 atom stereocenters. The highest BCUT2D eigenvalue weighted by atomic mass is 16.5. The molecular formula is C32H46O9. The average molecular weight is 575 g/mol. The molecular weight excluding hydrogens is 528 g/mol. The van der Waals surface area contributed by atoms with E-state index in [4.69, 9.17) is 4.74 Å². The zero-order valence-corrected chi connectivity index (χ0v) is 25.6. The third-order valence-electron chi connectivity index (χ3n) is 12.0. The molecule has 4 aliphatic rings. The largest absolute Gasteiger partial charge is 0.481 e. The minimum absolute atomic E-state index is 0.0164. The summed E-state index contributed by atoms with van der Waals surface area (Å²) in [6.07, 6.45) is -1.87. The number of fused-ring (bicyclic) bond motifs is 4. The highest BCUT2D eigenvalue weighted by Crippen LogP contribution is 2.71. The topological polar surface area (TPSA) is 155 Å². The van der Waals surface area contributed by atoms with Crippen LogP contribution in [0.15, 0.2) is 11.1 Å². The molecule has 3 N–H and O–H groups in total. The second kappa shape index (κ2) is 10.1. The van der Waals surface area contributed by atoms with E-state index in [1.54, 1.807) is 13.8 Å². The van der Waals surface area contributed by atoms with Crippen molar-refractivity contribution in [1.29, 1.82) is 0 Å². The maximum absolute atomic E-state index is 14.6. The first-order valence-electron chi connectivity index (χ1n) is 14.9. The molecule has 0 aromatic rings. The number of Topliss-reactive ketones (excluding diaryl/α,β-unsaturated/α-hetero) is 3. The summed E-state index contributed by atoms with van der Waals surface area (Å²) < 4.78 is 5.83. The summed E-state index contributed by atoms with van der Waals surface area (Å²) in [5.41, 5.74) is -3.15. The smallest absolute Gasteiger partial charge is 0.306 e. The molecule has 2 saturated carbocycles. The number of rotatable bonds is 7. The number of carbonyl (C=O) groups is 5. The van der Waals surface area contributed by atoms with Gasteiger partial charge in [-0.05, 0) is 60.3 Å². The molecule has 0 aromatic carbocycles. The average Bonchev–Trinajstić information content (AvgIpc) is 3.07. The van der Waals surface area contributed by atoms with Crippen LogP contribution in [0.3, 0.4) is 0 Å². The Labute approximate surface area is 242 Å². The van der Waals surface area contributed by atoms with Gasteiger partial charge in [0.2, 0.25) is 5.78 Å². The van der Waals surface area contributed by atoms with Crippen LogP contribution < -0.4 is 0 Å². The quantitative estimate of drug-likeness (QED) is 0.386. The number of ether oxygens (including phenoxy) is 1. The van der Waals surface area contributed by atoms with E-state index in [1.165, 1.54) is 13.8 Å². The Morgan fingerprint density at radius 2 is 1.63 bits per heavy atom. The van der Waals surface area contributed by atoms with Crippen molar-refractivity contribution in [2.24, 2.45) is 45.3 Å². The Kier molecular flexibility index (Phi) is 7.78. The van der Waals surface area contributed by atoms with Crippen molar-refractivity contribution in [2.75, 3.05) is 0 Å². The second-order valence-corrected chi connectivity index (χ2v) is 14.5. The van der Waals surface area contributed by atoms with Gasteiger partial charge in [-0.1, -0.05) is 41.5 Å². The predicted molar refractivity (Wildman–Crippen MR) is 148 cm³/mol. The van der Waals surface area contributed by atoms with E-state index in [1.807, 2.05) is 27.7 Å². The van der Waals surface area contributed by atoms with Gasteiger partial charge in [0.05, 0.1) is 23.5 Å². The number of carbonyl (C=O) groups excluding carboxylic acids is 4. The molecule has 0 amide bonds. The number of ketones is 3. The zero-order valence-electron chi connectivity index (χ0n) is 25.6. The second-order valence-electron chi connectivity index (χ2n) is 14.5. The molecule has 0 saturated heterocycles. The van der Waals surface area contributed by atoms with E-state index in [0.717, 1.165) is 0 Å². The first kappa shape index (κ1) is 31.5. The third kappa shape index (κ3) is 4.36. The molecule has 4 aliphatic carbocycles. The van der Waals surface area contributed by atoms with Crippen LogP contribution in [0.1, 0.15) is 93.9 Å². The molecule has 4 rings (SSSR count). The van der Waals surface area contributed by atoms with Crippen molar-refractivity contribution in [1.82, 2.24) is 0 Å². The molecule has 0 heterocycles. The summed E-state index contributed by atoms with van der Waals surface area (Å²) in [7, 11) is 0. The number of esters is 1. The first-order chi connectivity index (χ1) is 18.8. The number of aliphatic hydroxyl groups excluding tert-OH is 2. The Hall–Kier alpha value is -2.39. The number of aliphatic carboxylic acids is 1. The van der Waals surface area contributed by atoms with E-state index >= 15 is 0 Å². The van der Waals surface area contributed by atoms with Crippen molar-refractivity contribution >= 4 is 29.3 Å². The fourth-order valence-corrected chi connectivity index (χ4v) is 9.45. The number of aliphatic hydroxyl groups is 2. The highest BCUT2D eigenvalue weighted by molar-refractivity contribution is 6.08. The van der Waals surface area contributed by atoms with E-state index in [-0.39, 0.29) is 43.2 Å². The fourth-order valence-electron chi connectivity index (χ4n) is 9.45. The van der Waals surface area contributed by atoms with E-state index in [9.17, 15) is 39.3 Å². The minimum Gasteiger partial charge on any atom is -0.481 e. The first-order valence-corrected chi connectivity index (χ1v) is 14.9. The fraction of sp³-hybridized carbons (Fsp3) is 0.781. The molecule has 9 heteroatoms. The molecule has 2 fully saturated rings. The van der Waals surface area contributed by atoms with E-state index in [2.05, 4.69) is 0 Å². The van der Waals surface area contributed by atoms with Crippen LogP contribution >= 0.6 is 0 Å². The lowest BCUT2D eigenvalue weighted by Gasteiger charge is -2.62. The lowest BCUT2D eigenvalue weighted by molar-refractivity contribution is -0.178. The Morgan fingerprint density at radius 1 is 1.02 bits per heavy atom. The van der Waals surface area contributed by atoms with Gasteiger partial charge in [-0.25, -0.2) is 0 Å². The molecule has 228 valence electrons. The van der Waals surface area contributed by atoms with Crippen LogP contribution in [-0.2, 0) is 28.7 Å². The lowest BCUT2D eigenvalue weighted by atomic mass is 9.41. The maximum atomic E-state index is 14.6. The van der Waals surface area contributed by atoms with Gasteiger partial charge in [-0.3, -0.25) is 24.0 Å². The van der Waals surface area contributed by atoms with Gasteiger partial charge in [0.25, 0.3) is 0 Å². The molecule has 0 aromatic heterocycles. The van der Waals surface area contributed by atoms with E-state index in [0.29, 0.717) is 24.0 Å².